The molecule has 0 atom stereocenters. The number of sulfonamides is 1. The van der Waals surface area contributed by atoms with Crippen molar-refractivity contribution in [2.45, 2.75) is 30.3 Å². The molecule has 6 radical (unpaired) electrons. The van der Waals surface area contributed by atoms with Gasteiger partial charge in [0.2, 0.25) is 10.0 Å². The molecule has 1 amide bonds. The van der Waals surface area contributed by atoms with E-state index in [9.17, 15) is 13.2 Å². The molecule has 1 fully saturated rings. The third-order valence-electron chi connectivity index (χ3n) is 4.79. The van der Waals surface area contributed by atoms with E-state index >= 15 is 0 Å². The quantitative estimate of drug-likeness (QED) is 0.324. The molecule has 11 nitrogen and oxygen atoms in total. The number of hydrogen-bond acceptors (Lipinski definition) is 9. The lowest BCUT2D eigenvalue weighted by Crippen LogP contribution is -2.50. The maximum absolute atomic E-state index is 12.7. The molecule has 0 bridgehead atoms. The van der Waals surface area contributed by atoms with E-state index < -0.39 is 26.4 Å². The van der Waals surface area contributed by atoms with Crippen LogP contribution in [0.2, 0.25) is 0 Å². The van der Waals surface area contributed by atoms with Crippen LogP contribution in [-0.2, 0) is 10.0 Å². The minimum absolute atomic E-state index is 0.127. The molecule has 15 heteroatoms. The topological polar surface area (TPSA) is 151 Å². The van der Waals surface area contributed by atoms with Gasteiger partial charge in [-0.2, -0.15) is 0 Å². The summed E-state index contributed by atoms with van der Waals surface area (Å²) in [6.07, 6.45) is 4.28. The van der Waals surface area contributed by atoms with Crippen molar-refractivity contribution in [1.29, 1.82) is 0 Å². The van der Waals surface area contributed by atoms with Crippen molar-refractivity contribution in [3.63, 3.8) is 0 Å². The van der Waals surface area contributed by atoms with Crippen molar-refractivity contribution in [3.05, 3.63) is 54.0 Å². The number of nitrogens with one attached hydrogen (secondary N) is 4. The number of carbonyl (C=O) groups excluding carboxylic acids is 1. The second-order valence-electron chi connectivity index (χ2n) is 8.09. The van der Waals surface area contributed by atoms with Crippen LogP contribution in [0.25, 0.3) is 0 Å². The smallest absolute Gasteiger partial charge is 0.272 e. The molecule has 0 aliphatic heterocycles. The van der Waals surface area contributed by atoms with Crippen molar-refractivity contribution in [2.75, 3.05) is 15.4 Å². The number of pyridine rings is 2. The third-order valence-corrected chi connectivity index (χ3v) is 6.64. The van der Waals surface area contributed by atoms with E-state index in [2.05, 4.69) is 40.8 Å². The summed E-state index contributed by atoms with van der Waals surface area (Å²) in [6, 6.07) is 8.23. The maximum atomic E-state index is 12.7. The Hall–Kier alpha value is -3.61. The number of rotatable bonds is 9. The lowest BCUT2D eigenvalue weighted by Gasteiger charge is -2.22. The first-order valence-corrected chi connectivity index (χ1v) is 12.0. The van der Waals surface area contributed by atoms with E-state index in [1.165, 1.54) is 12.3 Å². The average molecular weight is 484 g/mol. The monoisotopic (exact) mass is 484 g/mol. The molecule has 0 unspecified atom stereocenters. The van der Waals surface area contributed by atoms with Gasteiger partial charge in [-0.25, -0.2) is 18.4 Å². The van der Waals surface area contributed by atoms with Crippen molar-refractivity contribution in [1.82, 2.24) is 25.5 Å². The molecular weight excluding hydrogens is 465 g/mol. The molecule has 1 aliphatic carbocycles. The summed E-state index contributed by atoms with van der Waals surface area (Å²) >= 11 is 0. The van der Waals surface area contributed by atoms with E-state index in [1.54, 1.807) is 24.4 Å². The second-order valence-corrected chi connectivity index (χ2v) is 10.1. The fraction of sp³-hybridized carbons (Fsp3) is 0.250. The SMILES string of the molecule is [B]C([B])([B])NC(=O)c1nnc(Nc2cc(C)ccn2)cc1Nc1ncccc1NS(=O)(=O)C1CC1. The van der Waals surface area contributed by atoms with Crippen LogP contribution in [0.15, 0.2) is 42.7 Å². The molecule has 1 saturated carbocycles. The fourth-order valence-corrected chi connectivity index (χ4v) is 4.43. The Bertz CT molecular complexity index is 1360. The lowest BCUT2D eigenvalue weighted by molar-refractivity contribution is 0.0947. The van der Waals surface area contributed by atoms with Crippen molar-refractivity contribution < 1.29 is 13.2 Å². The van der Waals surface area contributed by atoms with Crippen LogP contribution in [-0.4, -0.2) is 68.5 Å². The molecular formula is C20H19B3N8O3S. The van der Waals surface area contributed by atoms with Gasteiger partial charge in [0.05, 0.1) is 40.2 Å². The summed E-state index contributed by atoms with van der Waals surface area (Å²) in [7, 11) is 12.9. The predicted molar refractivity (Wildman–Crippen MR) is 135 cm³/mol. The van der Waals surface area contributed by atoms with E-state index in [4.69, 9.17) is 23.5 Å². The number of aromatic nitrogens is 4. The van der Waals surface area contributed by atoms with Crippen LogP contribution in [0.5, 0.6) is 0 Å². The highest BCUT2D eigenvalue weighted by Crippen LogP contribution is 2.32. The van der Waals surface area contributed by atoms with Gasteiger partial charge < -0.3 is 16.0 Å². The van der Waals surface area contributed by atoms with Gasteiger partial charge in [0.1, 0.15) is 5.82 Å². The van der Waals surface area contributed by atoms with E-state index in [0.29, 0.717) is 18.7 Å². The van der Waals surface area contributed by atoms with Gasteiger partial charge in [-0.05, 0) is 49.6 Å². The second kappa shape index (κ2) is 9.57. The normalized spacial score (nSPS) is 13.6. The standard InChI is InChI=1S/C20H19B3N8O3S/c1-11-6-8-24-15(9-11)27-16-10-14(17(30-29-16)19(32)28-20(21,22)23)26-18-13(3-2-7-25-18)31-35(33,34)12-4-5-12/h2-3,6-10,12,31H,4-5H2,1H3,(H,28,32)(H2,24,25,26,27,29). The molecule has 3 aromatic rings. The van der Waals surface area contributed by atoms with Gasteiger partial charge in [-0.1, -0.05) is 5.24 Å². The number of nitrogens with zero attached hydrogens (tertiary/aromatic N) is 4. The fourth-order valence-electron chi connectivity index (χ4n) is 3.04. The Kier molecular flexibility index (Phi) is 6.70. The van der Waals surface area contributed by atoms with Crippen molar-refractivity contribution >= 4 is 68.3 Å². The van der Waals surface area contributed by atoms with Gasteiger partial charge in [-0.15, -0.1) is 10.2 Å². The highest BCUT2D eigenvalue weighted by molar-refractivity contribution is 7.93. The van der Waals surface area contributed by atoms with Crippen LogP contribution in [0.3, 0.4) is 0 Å². The largest absolute Gasteiger partial charge is 0.370 e. The number of hydrogen-bond donors (Lipinski definition) is 4. The molecule has 0 spiro atoms. The third kappa shape index (κ3) is 6.50. The first kappa shape index (κ1) is 24.5. The maximum Gasteiger partial charge on any atom is 0.272 e. The van der Waals surface area contributed by atoms with Gasteiger partial charge in [0, 0.05) is 18.5 Å². The molecule has 3 heterocycles. The predicted octanol–water partition coefficient (Wildman–Crippen LogP) is 0.813. The Morgan fingerprint density at radius 2 is 1.77 bits per heavy atom. The summed E-state index contributed by atoms with van der Waals surface area (Å²) < 4.78 is 27.5. The van der Waals surface area contributed by atoms with Gasteiger partial charge in [0.25, 0.3) is 5.91 Å². The lowest BCUT2D eigenvalue weighted by atomic mass is 9.49. The van der Waals surface area contributed by atoms with Gasteiger partial charge in [-0.3, -0.25) is 9.52 Å². The summed E-state index contributed by atoms with van der Waals surface area (Å²) in [6.45, 7) is 1.91. The minimum Gasteiger partial charge on any atom is -0.370 e. The minimum atomic E-state index is -3.57. The van der Waals surface area contributed by atoms with Crippen LogP contribution in [0.4, 0.5) is 28.8 Å². The van der Waals surface area contributed by atoms with Crippen LogP contribution in [0, 0.1) is 6.92 Å². The number of amides is 1. The zero-order chi connectivity index (χ0) is 25.2. The number of anilines is 5. The van der Waals surface area contributed by atoms with E-state index in [-0.39, 0.29) is 28.7 Å². The summed E-state index contributed by atoms with van der Waals surface area (Å²) in [5, 5.41) is 13.7. The van der Waals surface area contributed by atoms with Crippen LogP contribution < -0.4 is 20.7 Å². The molecule has 0 aromatic carbocycles. The van der Waals surface area contributed by atoms with E-state index in [1.807, 2.05) is 13.0 Å². The molecule has 4 rings (SSSR count). The number of aryl methyl sites for hydroxylation is 1. The zero-order valence-electron chi connectivity index (χ0n) is 18.7. The van der Waals surface area contributed by atoms with Gasteiger partial charge >= 0.3 is 0 Å². The van der Waals surface area contributed by atoms with Crippen molar-refractivity contribution in [3.8, 4) is 0 Å². The zero-order valence-corrected chi connectivity index (χ0v) is 19.5. The van der Waals surface area contributed by atoms with E-state index in [0.717, 1.165) is 5.56 Å². The van der Waals surface area contributed by atoms with Crippen molar-refractivity contribution in [2.24, 2.45) is 0 Å². The molecule has 172 valence electrons. The molecule has 1 aliphatic rings. The number of carbonyl (C=O) groups is 1. The Labute approximate surface area is 206 Å². The Morgan fingerprint density at radius 3 is 2.46 bits per heavy atom. The van der Waals surface area contributed by atoms with Gasteiger partial charge in [0.15, 0.2) is 17.3 Å². The molecule has 3 aromatic heterocycles. The molecule has 35 heavy (non-hydrogen) atoms. The average Bonchev–Trinajstić information content (AvgIpc) is 3.60. The summed E-state index contributed by atoms with van der Waals surface area (Å²) in [5.74, 6) is 0.0717. The highest BCUT2D eigenvalue weighted by Gasteiger charge is 2.36. The summed E-state index contributed by atoms with van der Waals surface area (Å²) in [4.78, 5) is 21.2. The first-order chi connectivity index (χ1) is 16.5. The van der Waals surface area contributed by atoms with Crippen LogP contribution >= 0.6 is 0 Å². The molecule has 0 saturated heterocycles. The Morgan fingerprint density at radius 1 is 1.00 bits per heavy atom. The molecule has 4 N–H and O–H groups in total. The van der Waals surface area contributed by atoms with Crippen LogP contribution in [0.1, 0.15) is 28.9 Å². The summed E-state index contributed by atoms with van der Waals surface area (Å²) in [5.41, 5.74) is 1.09. The Balaban J connectivity index is 1.69. The first-order valence-electron chi connectivity index (χ1n) is 10.5. The highest BCUT2D eigenvalue weighted by atomic mass is 32.2.